The maximum Gasteiger partial charge on any atom is 0.336 e. The van der Waals surface area contributed by atoms with Gasteiger partial charge in [0.05, 0.1) is 22.1 Å². The molecule has 0 aliphatic rings. The SMILES string of the molecule is N#Cc1ccc(-c2ccc(OC(=O)C=Cc3ccccc3[N+](=O)[O-])cc2)cc1. The molecule has 0 heterocycles. The van der Waals surface area contributed by atoms with Crippen LogP contribution in [0.5, 0.6) is 5.75 Å². The summed E-state index contributed by atoms with van der Waals surface area (Å²) in [5.41, 5.74) is 2.67. The van der Waals surface area contributed by atoms with Gasteiger partial charge in [-0.2, -0.15) is 5.26 Å². The van der Waals surface area contributed by atoms with Gasteiger partial charge in [0.25, 0.3) is 5.69 Å². The minimum atomic E-state index is -0.635. The van der Waals surface area contributed by atoms with Gasteiger partial charge in [0.1, 0.15) is 5.75 Å². The van der Waals surface area contributed by atoms with E-state index >= 15 is 0 Å². The van der Waals surface area contributed by atoms with Gasteiger partial charge in [0.2, 0.25) is 0 Å². The second-order valence-electron chi connectivity index (χ2n) is 5.78. The Kier molecular flexibility index (Phi) is 5.58. The molecule has 0 aliphatic carbocycles. The molecule has 0 aromatic heterocycles. The fourth-order valence-corrected chi connectivity index (χ4v) is 2.56. The van der Waals surface area contributed by atoms with Gasteiger partial charge in [-0.15, -0.1) is 0 Å². The number of ether oxygens (including phenoxy) is 1. The van der Waals surface area contributed by atoms with Crippen LogP contribution >= 0.6 is 0 Å². The zero-order chi connectivity index (χ0) is 19.9. The number of benzene rings is 3. The number of carbonyl (C=O) groups excluding carboxylic acids is 1. The van der Waals surface area contributed by atoms with Crippen molar-refractivity contribution < 1.29 is 14.5 Å². The summed E-state index contributed by atoms with van der Waals surface area (Å²) >= 11 is 0. The number of para-hydroxylation sites is 1. The van der Waals surface area contributed by atoms with Crippen LogP contribution in [0.3, 0.4) is 0 Å². The lowest BCUT2D eigenvalue weighted by molar-refractivity contribution is -0.385. The van der Waals surface area contributed by atoms with E-state index in [1.807, 2.05) is 12.1 Å². The van der Waals surface area contributed by atoms with Crippen LogP contribution < -0.4 is 4.74 Å². The Balaban J connectivity index is 1.68. The highest BCUT2D eigenvalue weighted by molar-refractivity contribution is 5.89. The molecule has 0 atom stereocenters. The van der Waals surface area contributed by atoms with Crippen molar-refractivity contribution in [3.8, 4) is 22.9 Å². The lowest BCUT2D eigenvalue weighted by Crippen LogP contribution is -2.03. The number of hydrogen-bond acceptors (Lipinski definition) is 5. The highest BCUT2D eigenvalue weighted by Gasteiger charge is 2.10. The number of nitriles is 1. The molecule has 6 heteroatoms. The molecule has 0 unspecified atom stereocenters. The molecular formula is C22H14N2O4. The van der Waals surface area contributed by atoms with Gasteiger partial charge in [-0.3, -0.25) is 10.1 Å². The Morgan fingerprint density at radius 3 is 2.18 bits per heavy atom. The maximum absolute atomic E-state index is 12.0. The number of hydrogen-bond donors (Lipinski definition) is 0. The minimum absolute atomic E-state index is 0.0849. The molecule has 0 saturated heterocycles. The van der Waals surface area contributed by atoms with Gasteiger partial charge in [0.15, 0.2) is 0 Å². The van der Waals surface area contributed by atoms with Crippen molar-refractivity contribution >= 4 is 17.7 Å². The van der Waals surface area contributed by atoms with Crippen molar-refractivity contribution in [2.24, 2.45) is 0 Å². The van der Waals surface area contributed by atoms with Crippen LogP contribution in [0.25, 0.3) is 17.2 Å². The van der Waals surface area contributed by atoms with Crippen molar-refractivity contribution in [2.45, 2.75) is 0 Å². The smallest absolute Gasteiger partial charge is 0.336 e. The van der Waals surface area contributed by atoms with E-state index in [1.165, 1.54) is 12.1 Å². The zero-order valence-corrected chi connectivity index (χ0v) is 14.6. The van der Waals surface area contributed by atoms with Crippen molar-refractivity contribution in [2.75, 3.05) is 0 Å². The Labute approximate surface area is 161 Å². The number of carbonyl (C=O) groups is 1. The average Bonchev–Trinajstić information content (AvgIpc) is 2.73. The van der Waals surface area contributed by atoms with Crippen molar-refractivity contribution in [3.05, 3.63) is 100 Å². The molecule has 3 aromatic rings. The van der Waals surface area contributed by atoms with Crippen LogP contribution in [0.4, 0.5) is 5.69 Å². The Hall–Kier alpha value is -4.24. The molecule has 0 spiro atoms. The summed E-state index contributed by atoms with van der Waals surface area (Å²) in [6.07, 6.45) is 2.50. The van der Waals surface area contributed by atoms with E-state index in [4.69, 9.17) is 10.00 Å². The Bertz CT molecular complexity index is 1080. The lowest BCUT2D eigenvalue weighted by atomic mass is 10.0. The summed E-state index contributed by atoms with van der Waals surface area (Å²) in [5, 5.41) is 19.8. The van der Waals surface area contributed by atoms with Crippen molar-refractivity contribution in [1.82, 2.24) is 0 Å². The fraction of sp³-hybridized carbons (Fsp3) is 0. The highest BCUT2D eigenvalue weighted by atomic mass is 16.6. The molecule has 0 amide bonds. The predicted octanol–water partition coefficient (Wildman–Crippen LogP) is 4.75. The third-order valence-electron chi connectivity index (χ3n) is 3.95. The van der Waals surface area contributed by atoms with Crippen molar-refractivity contribution in [3.63, 3.8) is 0 Å². The summed E-state index contributed by atoms with van der Waals surface area (Å²) in [6.45, 7) is 0. The number of nitro benzene ring substituents is 1. The minimum Gasteiger partial charge on any atom is -0.423 e. The third kappa shape index (κ3) is 4.48. The van der Waals surface area contributed by atoms with E-state index in [2.05, 4.69) is 6.07 Å². The fourth-order valence-electron chi connectivity index (χ4n) is 2.56. The number of nitro groups is 1. The van der Waals surface area contributed by atoms with Crippen LogP contribution in [0.1, 0.15) is 11.1 Å². The van der Waals surface area contributed by atoms with Gasteiger partial charge < -0.3 is 4.74 Å². The van der Waals surface area contributed by atoms with E-state index in [0.717, 1.165) is 17.2 Å². The first-order valence-electron chi connectivity index (χ1n) is 8.31. The van der Waals surface area contributed by atoms with Crippen LogP contribution in [0.2, 0.25) is 0 Å². The zero-order valence-electron chi connectivity index (χ0n) is 14.6. The summed E-state index contributed by atoms with van der Waals surface area (Å²) in [6, 6.07) is 22.3. The van der Waals surface area contributed by atoms with E-state index in [-0.39, 0.29) is 5.69 Å². The first-order chi connectivity index (χ1) is 13.6. The number of esters is 1. The standard InChI is InChI=1S/C22H14N2O4/c23-15-16-5-7-17(8-6-16)18-9-12-20(13-10-18)28-22(25)14-11-19-3-1-2-4-21(19)24(26)27/h1-14H. The van der Waals surface area contributed by atoms with Crippen LogP contribution in [-0.2, 0) is 4.79 Å². The van der Waals surface area contributed by atoms with Crippen molar-refractivity contribution in [1.29, 1.82) is 5.26 Å². The van der Waals surface area contributed by atoms with E-state index in [0.29, 0.717) is 16.9 Å². The van der Waals surface area contributed by atoms with Gasteiger partial charge in [0, 0.05) is 12.1 Å². The largest absolute Gasteiger partial charge is 0.423 e. The van der Waals surface area contributed by atoms with Gasteiger partial charge >= 0.3 is 5.97 Å². The summed E-state index contributed by atoms with van der Waals surface area (Å²) in [5.74, 6) is -0.279. The van der Waals surface area contributed by atoms with E-state index in [1.54, 1.807) is 54.6 Å². The van der Waals surface area contributed by atoms with Crippen LogP contribution in [0, 0.1) is 21.4 Å². The third-order valence-corrected chi connectivity index (χ3v) is 3.95. The quantitative estimate of drug-likeness (QED) is 0.212. The van der Waals surface area contributed by atoms with E-state index in [9.17, 15) is 14.9 Å². The molecule has 3 rings (SSSR count). The normalized spacial score (nSPS) is 10.4. The van der Waals surface area contributed by atoms with Crippen LogP contribution in [0.15, 0.2) is 78.9 Å². The second kappa shape index (κ2) is 8.43. The molecule has 136 valence electrons. The Morgan fingerprint density at radius 2 is 1.57 bits per heavy atom. The average molecular weight is 370 g/mol. The molecule has 28 heavy (non-hydrogen) atoms. The molecule has 0 radical (unpaired) electrons. The molecule has 0 aliphatic heterocycles. The second-order valence-corrected chi connectivity index (χ2v) is 5.78. The molecule has 0 bridgehead atoms. The first kappa shape index (κ1) is 18.5. The Morgan fingerprint density at radius 1 is 0.964 bits per heavy atom. The van der Waals surface area contributed by atoms with Gasteiger partial charge in [-0.25, -0.2) is 4.79 Å². The summed E-state index contributed by atoms with van der Waals surface area (Å²) in [4.78, 5) is 22.5. The molecule has 0 fully saturated rings. The number of rotatable bonds is 5. The molecule has 0 N–H and O–H groups in total. The van der Waals surface area contributed by atoms with Crippen LogP contribution in [-0.4, -0.2) is 10.9 Å². The first-order valence-corrected chi connectivity index (χ1v) is 8.31. The lowest BCUT2D eigenvalue weighted by Gasteiger charge is -2.05. The van der Waals surface area contributed by atoms with Gasteiger partial charge in [-0.1, -0.05) is 36.4 Å². The highest BCUT2D eigenvalue weighted by Crippen LogP contribution is 2.23. The number of nitrogens with zero attached hydrogens (tertiary/aromatic N) is 2. The molecule has 3 aromatic carbocycles. The molecule has 6 nitrogen and oxygen atoms in total. The maximum atomic E-state index is 12.0. The monoisotopic (exact) mass is 370 g/mol. The molecule has 0 saturated carbocycles. The summed E-state index contributed by atoms with van der Waals surface area (Å²) < 4.78 is 5.23. The topological polar surface area (TPSA) is 93.2 Å². The van der Waals surface area contributed by atoms with Gasteiger partial charge in [-0.05, 0) is 47.5 Å². The van der Waals surface area contributed by atoms with E-state index < -0.39 is 10.9 Å². The summed E-state index contributed by atoms with van der Waals surface area (Å²) in [7, 11) is 0. The molecular weight excluding hydrogens is 356 g/mol. The predicted molar refractivity (Wildman–Crippen MR) is 104 cm³/mol.